The Morgan fingerprint density at radius 1 is 1.18 bits per heavy atom. The van der Waals surface area contributed by atoms with Gasteiger partial charge >= 0.3 is 0 Å². The predicted molar refractivity (Wildman–Crippen MR) is 68.5 cm³/mol. The second kappa shape index (κ2) is 5.98. The highest BCUT2D eigenvalue weighted by Gasteiger charge is 2.20. The van der Waals surface area contributed by atoms with Crippen LogP contribution < -0.4 is 19.9 Å². The van der Waals surface area contributed by atoms with E-state index in [1.165, 1.54) is 0 Å². The second-order valence-corrected chi connectivity index (χ2v) is 4.19. The van der Waals surface area contributed by atoms with Gasteiger partial charge in [-0.3, -0.25) is 0 Å². The van der Waals surface area contributed by atoms with E-state index in [1.807, 2.05) is 6.92 Å². The molecule has 96 valence electrons. The van der Waals surface area contributed by atoms with Crippen molar-refractivity contribution in [1.29, 1.82) is 0 Å². The van der Waals surface area contributed by atoms with Gasteiger partial charge in [-0.15, -0.1) is 0 Å². The first-order chi connectivity index (χ1) is 8.04. The molecule has 0 bridgehead atoms. The van der Waals surface area contributed by atoms with E-state index in [1.54, 1.807) is 27.4 Å². The first kappa shape index (κ1) is 13.9. The fraction of sp³-hybridized carbons (Fsp3) is 0.500. The summed E-state index contributed by atoms with van der Waals surface area (Å²) in [6.45, 7) is 1.91. The SMILES string of the molecule is COc1cc(Cl)c(OC)c(CC(C)N)c1OC. The topological polar surface area (TPSA) is 53.7 Å². The molecule has 0 aliphatic rings. The van der Waals surface area contributed by atoms with E-state index >= 15 is 0 Å². The van der Waals surface area contributed by atoms with E-state index in [0.29, 0.717) is 28.7 Å². The van der Waals surface area contributed by atoms with Gasteiger partial charge in [-0.25, -0.2) is 0 Å². The summed E-state index contributed by atoms with van der Waals surface area (Å²) in [4.78, 5) is 0. The van der Waals surface area contributed by atoms with Crippen LogP contribution in [0.2, 0.25) is 5.02 Å². The maximum atomic E-state index is 6.12. The van der Waals surface area contributed by atoms with Gasteiger partial charge < -0.3 is 19.9 Å². The molecule has 0 saturated carbocycles. The summed E-state index contributed by atoms with van der Waals surface area (Å²) in [5.74, 6) is 1.78. The predicted octanol–water partition coefficient (Wildman–Crippen LogP) is 2.26. The van der Waals surface area contributed by atoms with Crippen LogP contribution in [0.15, 0.2) is 6.07 Å². The lowest BCUT2D eigenvalue weighted by Crippen LogP contribution is -2.19. The minimum atomic E-state index is -0.0269. The smallest absolute Gasteiger partial charge is 0.167 e. The normalized spacial score (nSPS) is 12.1. The Labute approximate surface area is 107 Å². The van der Waals surface area contributed by atoms with E-state index in [4.69, 9.17) is 31.5 Å². The highest BCUT2D eigenvalue weighted by molar-refractivity contribution is 6.32. The van der Waals surface area contributed by atoms with Gasteiger partial charge in [0.2, 0.25) is 0 Å². The molecule has 0 amide bonds. The van der Waals surface area contributed by atoms with Crippen LogP contribution in [0.5, 0.6) is 17.2 Å². The molecule has 1 unspecified atom stereocenters. The van der Waals surface area contributed by atoms with Gasteiger partial charge in [-0.05, 0) is 13.3 Å². The summed E-state index contributed by atoms with van der Waals surface area (Å²) in [6, 6.07) is 1.64. The molecule has 1 rings (SSSR count). The summed E-state index contributed by atoms with van der Waals surface area (Å²) in [6.07, 6.45) is 0.600. The highest BCUT2D eigenvalue weighted by Crippen LogP contribution is 2.43. The number of ether oxygens (including phenoxy) is 3. The maximum absolute atomic E-state index is 6.12. The van der Waals surface area contributed by atoms with Crippen LogP contribution in [0.1, 0.15) is 12.5 Å². The molecule has 0 spiro atoms. The van der Waals surface area contributed by atoms with E-state index < -0.39 is 0 Å². The maximum Gasteiger partial charge on any atom is 0.167 e. The highest BCUT2D eigenvalue weighted by atomic mass is 35.5. The number of hydrogen-bond acceptors (Lipinski definition) is 4. The van der Waals surface area contributed by atoms with E-state index in [0.717, 1.165) is 5.56 Å². The van der Waals surface area contributed by atoms with Crippen molar-refractivity contribution < 1.29 is 14.2 Å². The van der Waals surface area contributed by atoms with Crippen LogP contribution in [0, 0.1) is 0 Å². The average molecular weight is 260 g/mol. The first-order valence-electron chi connectivity index (χ1n) is 5.28. The molecular weight excluding hydrogens is 242 g/mol. The van der Waals surface area contributed by atoms with Crippen molar-refractivity contribution in [2.75, 3.05) is 21.3 Å². The van der Waals surface area contributed by atoms with E-state index in [9.17, 15) is 0 Å². The van der Waals surface area contributed by atoms with Crippen molar-refractivity contribution >= 4 is 11.6 Å². The summed E-state index contributed by atoms with van der Waals surface area (Å²) in [7, 11) is 4.71. The minimum absolute atomic E-state index is 0.0269. The third-order valence-electron chi connectivity index (χ3n) is 2.40. The zero-order valence-corrected chi connectivity index (χ0v) is 11.3. The third kappa shape index (κ3) is 2.96. The van der Waals surface area contributed by atoms with Gasteiger partial charge in [-0.1, -0.05) is 11.6 Å². The summed E-state index contributed by atoms with van der Waals surface area (Å²) in [5, 5.41) is 0.487. The van der Waals surface area contributed by atoms with Crippen molar-refractivity contribution in [3.05, 3.63) is 16.7 Å². The molecule has 2 N–H and O–H groups in total. The molecular formula is C12H18ClNO3. The quantitative estimate of drug-likeness (QED) is 0.881. The molecule has 17 heavy (non-hydrogen) atoms. The van der Waals surface area contributed by atoms with Gasteiger partial charge in [-0.2, -0.15) is 0 Å². The molecule has 0 aliphatic carbocycles. The number of halogens is 1. The van der Waals surface area contributed by atoms with Crippen molar-refractivity contribution in [2.24, 2.45) is 5.73 Å². The first-order valence-corrected chi connectivity index (χ1v) is 5.65. The van der Waals surface area contributed by atoms with Crippen LogP contribution in [0.3, 0.4) is 0 Å². The van der Waals surface area contributed by atoms with Crippen LogP contribution in [0.4, 0.5) is 0 Å². The summed E-state index contributed by atoms with van der Waals surface area (Å²) in [5.41, 5.74) is 6.65. The standard InChI is InChI=1S/C12H18ClNO3/c1-7(14)5-8-11(16-3)9(13)6-10(15-2)12(8)17-4/h6-7H,5,14H2,1-4H3. The van der Waals surface area contributed by atoms with Gasteiger partial charge in [0.25, 0.3) is 0 Å². The van der Waals surface area contributed by atoms with Gasteiger partial charge in [0.1, 0.15) is 5.75 Å². The largest absolute Gasteiger partial charge is 0.495 e. The Morgan fingerprint density at radius 2 is 1.76 bits per heavy atom. The zero-order chi connectivity index (χ0) is 13.0. The Morgan fingerprint density at radius 3 is 2.18 bits per heavy atom. The van der Waals surface area contributed by atoms with Crippen molar-refractivity contribution in [1.82, 2.24) is 0 Å². The van der Waals surface area contributed by atoms with Crippen molar-refractivity contribution in [2.45, 2.75) is 19.4 Å². The lowest BCUT2D eigenvalue weighted by Gasteiger charge is -2.18. The Bertz CT molecular complexity index is 394. The number of hydrogen-bond donors (Lipinski definition) is 1. The second-order valence-electron chi connectivity index (χ2n) is 3.79. The molecule has 0 saturated heterocycles. The lowest BCUT2D eigenvalue weighted by molar-refractivity contribution is 0.343. The van der Waals surface area contributed by atoms with Crippen molar-refractivity contribution in [3.8, 4) is 17.2 Å². The van der Waals surface area contributed by atoms with Crippen LogP contribution in [0.25, 0.3) is 0 Å². The summed E-state index contributed by atoms with van der Waals surface area (Å²) < 4.78 is 15.9. The fourth-order valence-corrected chi connectivity index (χ4v) is 2.04. The van der Waals surface area contributed by atoms with Crippen LogP contribution in [-0.4, -0.2) is 27.4 Å². The zero-order valence-electron chi connectivity index (χ0n) is 10.5. The molecule has 1 aromatic rings. The van der Waals surface area contributed by atoms with Gasteiger partial charge in [0.05, 0.1) is 26.4 Å². The number of nitrogens with two attached hydrogens (primary N) is 1. The fourth-order valence-electron chi connectivity index (χ4n) is 1.75. The number of benzene rings is 1. The Balaban J connectivity index is 3.41. The lowest BCUT2D eigenvalue weighted by atomic mass is 10.0. The van der Waals surface area contributed by atoms with Crippen molar-refractivity contribution in [3.63, 3.8) is 0 Å². The Kier molecular flexibility index (Phi) is 4.90. The molecule has 4 nitrogen and oxygen atoms in total. The molecule has 1 aromatic carbocycles. The molecule has 0 fully saturated rings. The number of rotatable bonds is 5. The minimum Gasteiger partial charge on any atom is -0.495 e. The van der Waals surface area contributed by atoms with E-state index in [-0.39, 0.29) is 6.04 Å². The van der Waals surface area contributed by atoms with Gasteiger partial charge in [0.15, 0.2) is 11.5 Å². The van der Waals surface area contributed by atoms with Gasteiger partial charge in [0, 0.05) is 17.7 Å². The Hall–Kier alpha value is -1.13. The molecule has 5 heteroatoms. The molecule has 0 aromatic heterocycles. The monoisotopic (exact) mass is 259 g/mol. The van der Waals surface area contributed by atoms with Crippen LogP contribution in [-0.2, 0) is 6.42 Å². The summed E-state index contributed by atoms with van der Waals surface area (Å²) >= 11 is 6.12. The molecule has 1 atom stereocenters. The average Bonchev–Trinajstić information content (AvgIpc) is 2.28. The molecule has 0 radical (unpaired) electrons. The third-order valence-corrected chi connectivity index (χ3v) is 2.68. The van der Waals surface area contributed by atoms with E-state index in [2.05, 4.69) is 0 Å². The van der Waals surface area contributed by atoms with Crippen LogP contribution >= 0.6 is 11.6 Å². The molecule has 0 aliphatic heterocycles. The number of methoxy groups -OCH3 is 3. The molecule has 0 heterocycles.